The third-order valence-corrected chi connectivity index (χ3v) is 1.67. The van der Waals surface area contributed by atoms with Crippen LogP contribution < -0.4 is 5.48 Å². The number of aliphatic hydroxyl groups is 1. The molecule has 0 fully saturated rings. The highest BCUT2D eigenvalue weighted by molar-refractivity contribution is 5.02. The second-order valence-corrected chi connectivity index (χ2v) is 4.37. The molecule has 0 atom stereocenters. The lowest BCUT2D eigenvalue weighted by atomic mass is 10.2. The molecule has 0 aliphatic carbocycles. The maximum Gasteiger partial charge on any atom is 0.0813 e. The van der Waals surface area contributed by atoms with Crippen LogP contribution in [0.2, 0.25) is 0 Å². The molecule has 2 N–H and O–H groups in total. The van der Waals surface area contributed by atoms with Crippen molar-refractivity contribution in [3.8, 4) is 0 Å². The van der Waals surface area contributed by atoms with Gasteiger partial charge in [0.05, 0.1) is 24.9 Å². The molecule has 1 rings (SSSR count). The lowest BCUT2D eigenvalue weighted by Crippen LogP contribution is -2.28. The summed E-state index contributed by atoms with van der Waals surface area (Å²) >= 11 is 0. The van der Waals surface area contributed by atoms with Crippen LogP contribution in [0.3, 0.4) is 0 Å². The van der Waals surface area contributed by atoms with Crippen molar-refractivity contribution in [3.05, 3.63) is 18.0 Å². The van der Waals surface area contributed by atoms with E-state index in [0.29, 0.717) is 13.1 Å². The first-order valence-electron chi connectivity index (χ1n) is 5.04. The number of hydrogen-bond donors (Lipinski definition) is 2. The largest absolute Gasteiger partial charge is 0.394 e. The van der Waals surface area contributed by atoms with Crippen molar-refractivity contribution < 1.29 is 9.94 Å². The van der Waals surface area contributed by atoms with Crippen LogP contribution in [-0.2, 0) is 17.9 Å². The van der Waals surface area contributed by atoms with Gasteiger partial charge in [0.15, 0.2) is 0 Å². The van der Waals surface area contributed by atoms with Gasteiger partial charge < -0.3 is 5.11 Å². The molecule has 0 radical (unpaired) electrons. The van der Waals surface area contributed by atoms with E-state index in [4.69, 9.17) is 9.94 Å². The summed E-state index contributed by atoms with van der Waals surface area (Å²) in [7, 11) is 0. The number of nitrogens with one attached hydrogen (secondary N) is 1. The molecule has 1 aromatic rings. The monoisotopic (exact) mass is 213 g/mol. The van der Waals surface area contributed by atoms with E-state index in [9.17, 15) is 0 Å². The molecule has 0 aromatic carbocycles. The summed E-state index contributed by atoms with van der Waals surface area (Å²) in [4.78, 5) is 5.37. The Hall–Kier alpha value is -0.910. The average Bonchev–Trinajstić information content (AvgIpc) is 2.51. The van der Waals surface area contributed by atoms with Crippen LogP contribution in [0.1, 0.15) is 26.3 Å². The maximum atomic E-state index is 8.71. The number of rotatable bonds is 5. The Bertz CT molecular complexity index is 291. The average molecular weight is 213 g/mol. The molecule has 15 heavy (non-hydrogen) atoms. The number of hydrogen-bond acceptors (Lipinski definition) is 4. The van der Waals surface area contributed by atoms with Crippen LogP contribution in [0.4, 0.5) is 0 Å². The minimum absolute atomic E-state index is 0.104. The Morgan fingerprint density at radius 2 is 2.27 bits per heavy atom. The molecule has 0 bridgehead atoms. The van der Waals surface area contributed by atoms with Crippen molar-refractivity contribution in [2.45, 2.75) is 39.5 Å². The Morgan fingerprint density at radius 3 is 2.87 bits per heavy atom. The number of nitrogens with zero attached hydrogens (tertiary/aromatic N) is 2. The molecule has 5 heteroatoms. The summed E-state index contributed by atoms with van der Waals surface area (Å²) in [6, 6.07) is 0. The van der Waals surface area contributed by atoms with Gasteiger partial charge in [0.2, 0.25) is 0 Å². The zero-order chi connectivity index (χ0) is 11.3. The summed E-state index contributed by atoms with van der Waals surface area (Å²) in [6.45, 7) is 7.19. The minimum Gasteiger partial charge on any atom is -0.394 e. The number of hydroxylamine groups is 1. The first kappa shape index (κ1) is 12.2. The van der Waals surface area contributed by atoms with Crippen LogP contribution in [0.25, 0.3) is 0 Å². The van der Waals surface area contributed by atoms with Crippen molar-refractivity contribution in [2.24, 2.45) is 0 Å². The number of aliphatic hydroxyl groups excluding tert-OH is 1. The number of aromatic nitrogens is 2. The quantitative estimate of drug-likeness (QED) is 0.707. The highest BCUT2D eigenvalue weighted by Crippen LogP contribution is 2.05. The Labute approximate surface area is 90.0 Å². The SMILES string of the molecule is CC(C)(C)ONCc1cnn(CCO)c1. The molecule has 0 unspecified atom stereocenters. The first-order valence-corrected chi connectivity index (χ1v) is 5.04. The van der Waals surface area contributed by atoms with Crippen LogP contribution in [0.5, 0.6) is 0 Å². The van der Waals surface area contributed by atoms with E-state index in [1.807, 2.05) is 27.0 Å². The van der Waals surface area contributed by atoms with Gasteiger partial charge in [-0.25, -0.2) is 0 Å². The fourth-order valence-corrected chi connectivity index (χ4v) is 1.06. The Balaban J connectivity index is 2.31. The molecule has 0 spiro atoms. The summed E-state index contributed by atoms with van der Waals surface area (Å²) in [5, 5.41) is 12.8. The fraction of sp³-hybridized carbons (Fsp3) is 0.700. The molecular formula is C10H19N3O2. The smallest absolute Gasteiger partial charge is 0.0813 e. The lowest BCUT2D eigenvalue weighted by Gasteiger charge is -2.18. The summed E-state index contributed by atoms with van der Waals surface area (Å²) < 4.78 is 1.70. The van der Waals surface area contributed by atoms with E-state index in [2.05, 4.69) is 10.6 Å². The van der Waals surface area contributed by atoms with Gasteiger partial charge in [0, 0.05) is 18.3 Å². The molecule has 0 saturated carbocycles. The van der Waals surface area contributed by atoms with Gasteiger partial charge in [0.1, 0.15) is 0 Å². The van der Waals surface area contributed by atoms with Gasteiger partial charge in [-0.3, -0.25) is 9.52 Å². The second kappa shape index (κ2) is 5.25. The second-order valence-electron chi connectivity index (χ2n) is 4.37. The lowest BCUT2D eigenvalue weighted by molar-refractivity contribution is -0.0757. The molecular weight excluding hydrogens is 194 g/mol. The fourth-order valence-electron chi connectivity index (χ4n) is 1.06. The molecule has 1 heterocycles. The maximum absolute atomic E-state index is 8.71. The highest BCUT2D eigenvalue weighted by atomic mass is 16.7. The topological polar surface area (TPSA) is 59.3 Å². The van der Waals surface area contributed by atoms with Gasteiger partial charge in [-0.05, 0) is 20.8 Å². The van der Waals surface area contributed by atoms with Crippen molar-refractivity contribution in [3.63, 3.8) is 0 Å². The highest BCUT2D eigenvalue weighted by Gasteiger charge is 2.09. The van der Waals surface area contributed by atoms with Gasteiger partial charge >= 0.3 is 0 Å². The summed E-state index contributed by atoms with van der Waals surface area (Å²) in [5.74, 6) is 0. The molecule has 0 saturated heterocycles. The van der Waals surface area contributed by atoms with Crippen LogP contribution >= 0.6 is 0 Å². The van der Waals surface area contributed by atoms with E-state index < -0.39 is 0 Å². The van der Waals surface area contributed by atoms with E-state index in [1.54, 1.807) is 10.9 Å². The molecule has 86 valence electrons. The summed E-state index contributed by atoms with van der Waals surface area (Å²) in [5.41, 5.74) is 3.72. The van der Waals surface area contributed by atoms with Crippen LogP contribution in [-0.4, -0.2) is 27.1 Å². The minimum atomic E-state index is -0.193. The van der Waals surface area contributed by atoms with E-state index in [-0.39, 0.29) is 12.2 Å². The Kier molecular flexibility index (Phi) is 4.26. The van der Waals surface area contributed by atoms with E-state index in [1.165, 1.54) is 0 Å². The van der Waals surface area contributed by atoms with Gasteiger partial charge in [0.25, 0.3) is 0 Å². The molecule has 1 aromatic heterocycles. The predicted molar refractivity (Wildman–Crippen MR) is 57.0 cm³/mol. The zero-order valence-corrected chi connectivity index (χ0v) is 9.53. The molecule has 0 aliphatic heterocycles. The third kappa shape index (κ3) is 4.92. The molecule has 0 amide bonds. The summed E-state index contributed by atoms with van der Waals surface area (Å²) in [6.07, 6.45) is 3.64. The van der Waals surface area contributed by atoms with Crippen LogP contribution in [0.15, 0.2) is 12.4 Å². The Morgan fingerprint density at radius 1 is 1.53 bits per heavy atom. The van der Waals surface area contributed by atoms with Crippen molar-refractivity contribution >= 4 is 0 Å². The van der Waals surface area contributed by atoms with Crippen LogP contribution in [0, 0.1) is 0 Å². The molecule has 0 aliphatic rings. The van der Waals surface area contributed by atoms with Gasteiger partial charge in [-0.15, -0.1) is 0 Å². The molecule has 5 nitrogen and oxygen atoms in total. The van der Waals surface area contributed by atoms with E-state index in [0.717, 1.165) is 5.56 Å². The van der Waals surface area contributed by atoms with Crippen molar-refractivity contribution in [1.82, 2.24) is 15.3 Å². The standard InChI is InChI=1S/C10H19N3O2/c1-10(2,3)15-12-7-9-6-11-13(8-9)4-5-14/h6,8,12,14H,4-5,7H2,1-3H3. The first-order chi connectivity index (χ1) is 7.01. The van der Waals surface area contributed by atoms with E-state index >= 15 is 0 Å². The van der Waals surface area contributed by atoms with Crippen molar-refractivity contribution in [2.75, 3.05) is 6.61 Å². The zero-order valence-electron chi connectivity index (χ0n) is 9.53. The van der Waals surface area contributed by atoms with Gasteiger partial charge in [-0.1, -0.05) is 0 Å². The normalized spacial score (nSPS) is 12.0. The predicted octanol–water partition coefficient (Wildman–Crippen LogP) is 0.695. The van der Waals surface area contributed by atoms with Crippen molar-refractivity contribution in [1.29, 1.82) is 0 Å². The third-order valence-electron chi connectivity index (χ3n) is 1.67. The van der Waals surface area contributed by atoms with Gasteiger partial charge in [-0.2, -0.15) is 10.6 Å².